The predicted octanol–water partition coefficient (Wildman–Crippen LogP) is 4.31. The molecule has 6 nitrogen and oxygen atoms in total. The summed E-state index contributed by atoms with van der Waals surface area (Å²) in [4.78, 5) is 35.7. The van der Waals surface area contributed by atoms with E-state index in [1.54, 1.807) is 18.3 Å². The van der Waals surface area contributed by atoms with Crippen molar-refractivity contribution in [2.75, 3.05) is 5.32 Å². The van der Waals surface area contributed by atoms with Gasteiger partial charge in [0.2, 0.25) is 5.91 Å². The van der Waals surface area contributed by atoms with Crippen LogP contribution in [0, 0.1) is 13.8 Å². The Morgan fingerprint density at radius 1 is 1.29 bits per heavy atom. The van der Waals surface area contributed by atoms with E-state index in [1.165, 1.54) is 22.2 Å². The first-order chi connectivity index (χ1) is 13.4. The van der Waals surface area contributed by atoms with Crippen LogP contribution in [0.2, 0.25) is 5.02 Å². The van der Waals surface area contributed by atoms with Gasteiger partial charge in [0.25, 0.3) is 5.56 Å². The van der Waals surface area contributed by atoms with Crippen molar-refractivity contribution < 1.29 is 4.79 Å². The Morgan fingerprint density at radius 3 is 2.93 bits per heavy atom. The van der Waals surface area contributed by atoms with Crippen LogP contribution in [0.3, 0.4) is 0 Å². The second kappa shape index (κ2) is 7.33. The van der Waals surface area contributed by atoms with Gasteiger partial charge < -0.3 is 5.32 Å². The maximum Gasteiger partial charge on any atom is 0.262 e. The summed E-state index contributed by atoms with van der Waals surface area (Å²) in [5, 5.41) is 4.85. The zero-order chi connectivity index (χ0) is 19.8. The molecule has 0 unspecified atom stereocenters. The van der Waals surface area contributed by atoms with E-state index in [2.05, 4.69) is 15.3 Å². The average Bonchev–Trinajstić information content (AvgIpc) is 2.96. The van der Waals surface area contributed by atoms with Gasteiger partial charge in [-0.2, -0.15) is 0 Å². The number of hydrogen-bond acceptors (Lipinski definition) is 5. The van der Waals surface area contributed by atoms with Crippen LogP contribution in [0.1, 0.15) is 16.9 Å². The molecule has 1 aromatic carbocycles. The number of amides is 1. The number of carbonyl (C=O) groups excluding carboxylic acids is 1. The maximum atomic E-state index is 12.7. The predicted molar refractivity (Wildman–Crippen MR) is 113 cm³/mol. The van der Waals surface area contributed by atoms with Crippen LogP contribution in [0.5, 0.6) is 0 Å². The van der Waals surface area contributed by atoms with Crippen LogP contribution in [-0.2, 0) is 11.3 Å². The first-order valence-corrected chi connectivity index (χ1v) is 9.93. The monoisotopic (exact) mass is 412 g/mol. The van der Waals surface area contributed by atoms with Crippen LogP contribution in [0.15, 0.2) is 41.6 Å². The summed E-state index contributed by atoms with van der Waals surface area (Å²) in [5.41, 5.74) is 2.06. The van der Waals surface area contributed by atoms with Gasteiger partial charge in [-0.15, -0.1) is 11.3 Å². The third kappa shape index (κ3) is 3.39. The number of anilines is 1. The minimum absolute atomic E-state index is 0.116. The van der Waals surface area contributed by atoms with Crippen molar-refractivity contribution in [1.29, 1.82) is 0 Å². The average molecular weight is 413 g/mol. The van der Waals surface area contributed by atoms with Gasteiger partial charge in [-0.3, -0.25) is 19.1 Å². The molecule has 3 aromatic heterocycles. The molecule has 0 aliphatic rings. The number of pyridine rings is 1. The van der Waals surface area contributed by atoms with Crippen molar-refractivity contribution in [2.45, 2.75) is 26.8 Å². The molecule has 0 saturated heterocycles. The van der Waals surface area contributed by atoms with Crippen molar-refractivity contribution in [2.24, 2.45) is 0 Å². The maximum absolute atomic E-state index is 12.7. The molecule has 0 radical (unpaired) electrons. The smallest absolute Gasteiger partial charge is 0.262 e. The molecule has 0 bridgehead atoms. The number of aryl methyl sites for hydroxylation is 3. The number of nitrogens with one attached hydrogen (secondary N) is 1. The van der Waals surface area contributed by atoms with Crippen LogP contribution in [-0.4, -0.2) is 20.4 Å². The molecule has 1 N–H and O–H groups in total. The van der Waals surface area contributed by atoms with E-state index in [-0.39, 0.29) is 24.4 Å². The second-order valence-electron chi connectivity index (χ2n) is 6.53. The number of carbonyl (C=O) groups is 1. The molecule has 3 heterocycles. The van der Waals surface area contributed by atoms with Gasteiger partial charge in [0.05, 0.1) is 22.9 Å². The lowest BCUT2D eigenvalue weighted by atomic mass is 10.2. The number of benzene rings is 1. The molecule has 0 atom stereocenters. The number of aromatic nitrogens is 3. The molecule has 0 spiro atoms. The van der Waals surface area contributed by atoms with Crippen LogP contribution in [0.4, 0.5) is 5.69 Å². The summed E-state index contributed by atoms with van der Waals surface area (Å²) in [7, 11) is 0. The highest BCUT2D eigenvalue weighted by atomic mass is 35.5. The first-order valence-electron chi connectivity index (χ1n) is 8.73. The number of hydrogen-bond donors (Lipinski definition) is 1. The molecule has 8 heteroatoms. The summed E-state index contributed by atoms with van der Waals surface area (Å²) in [6.07, 6.45) is 3.30. The lowest BCUT2D eigenvalue weighted by Gasteiger charge is -2.10. The van der Waals surface area contributed by atoms with E-state index in [4.69, 9.17) is 11.6 Å². The molecule has 0 fully saturated rings. The fraction of sp³-hybridized carbons (Fsp3) is 0.200. The Kier molecular flexibility index (Phi) is 4.87. The SMILES string of the molecule is Cc1sc2ncn(CCC(=O)Nc3cc(Cl)cc4cccnc34)c(=O)c2c1C. The number of rotatable bonds is 4. The van der Waals surface area contributed by atoms with E-state index >= 15 is 0 Å². The molecule has 0 saturated carbocycles. The third-order valence-corrected chi connectivity index (χ3v) is 6.01. The van der Waals surface area contributed by atoms with Gasteiger partial charge in [-0.05, 0) is 37.6 Å². The minimum Gasteiger partial charge on any atom is -0.324 e. The second-order valence-corrected chi connectivity index (χ2v) is 8.17. The van der Waals surface area contributed by atoms with Gasteiger partial charge in [-0.1, -0.05) is 17.7 Å². The molecule has 28 heavy (non-hydrogen) atoms. The van der Waals surface area contributed by atoms with E-state index in [1.807, 2.05) is 26.0 Å². The minimum atomic E-state index is -0.223. The third-order valence-electron chi connectivity index (χ3n) is 4.68. The summed E-state index contributed by atoms with van der Waals surface area (Å²) in [6, 6.07) is 7.17. The Morgan fingerprint density at radius 2 is 2.11 bits per heavy atom. The molecule has 0 aliphatic carbocycles. The highest BCUT2D eigenvalue weighted by Gasteiger charge is 2.13. The van der Waals surface area contributed by atoms with Gasteiger partial charge in [0.15, 0.2) is 0 Å². The standard InChI is InChI=1S/C20H17ClN4O2S/c1-11-12(2)28-19-17(11)20(27)25(10-23-19)7-5-16(26)24-15-9-14(21)8-13-4-3-6-22-18(13)15/h3-4,6,8-10H,5,7H2,1-2H3,(H,24,26). The Balaban J connectivity index is 1.54. The zero-order valence-electron chi connectivity index (χ0n) is 15.3. The van der Waals surface area contributed by atoms with Gasteiger partial charge in [-0.25, -0.2) is 4.98 Å². The van der Waals surface area contributed by atoms with Crippen molar-refractivity contribution in [1.82, 2.24) is 14.5 Å². The van der Waals surface area contributed by atoms with E-state index in [0.29, 0.717) is 21.6 Å². The highest BCUT2D eigenvalue weighted by Crippen LogP contribution is 2.27. The Bertz CT molecular complexity index is 1280. The topological polar surface area (TPSA) is 76.9 Å². The van der Waals surface area contributed by atoms with E-state index in [9.17, 15) is 9.59 Å². The molecule has 142 valence electrons. The Hall–Kier alpha value is -2.77. The summed E-state index contributed by atoms with van der Waals surface area (Å²) in [5.74, 6) is -0.223. The van der Waals surface area contributed by atoms with E-state index < -0.39 is 0 Å². The number of nitrogens with zero attached hydrogens (tertiary/aromatic N) is 3. The number of thiophene rings is 1. The van der Waals surface area contributed by atoms with E-state index in [0.717, 1.165) is 20.7 Å². The summed E-state index contributed by atoms with van der Waals surface area (Å²) >= 11 is 7.65. The van der Waals surface area contributed by atoms with Crippen molar-refractivity contribution in [3.8, 4) is 0 Å². The van der Waals surface area contributed by atoms with Crippen LogP contribution >= 0.6 is 22.9 Å². The quantitative estimate of drug-likeness (QED) is 0.542. The fourth-order valence-electron chi connectivity index (χ4n) is 3.11. The lowest BCUT2D eigenvalue weighted by Crippen LogP contribution is -2.23. The lowest BCUT2D eigenvalue weighted by molar-refractivity contribution is -0.116. The summed E-state index contributed by atoms with van der Waals surface area (Å²) < 4.78 is 1.48. The Labute approximate surface area is 169 Å². The van der Waals surface area contributed by atoms with Gasteiger partial charge in [0, 0.05) is 34.4 Å². The van der Waals surface area contributed by atoms with Gasteiger partial charge in [0.1, 0.15) is 4.83 Å². The first kappa shape index (κ1) is 18.6. The van der Waals surface area contributed by atoms with Crippen molar-refractivity contribution in [3.63, 3.8) is 0 Å². The highest BCUT2D eigenvalue weighted by molar-refractivity contribution is 7.18. The van der Waals surface area contributed by atoms with Crippen molar-refractivity contribution in [3.05, 3.63) is 62.6 Å². The number of halogens is 1. The summed E-state index contributed by atoms with van der Waals surface area (Å²) in [6.45, 7) is 4.14. The molecule has 4 rings (SSSR count). The molecule has 0 aliphatic heterocycles. The normalized spacial score (nSPS) is 11.2. The molecule has 4 aromatic rings. The largest absolute Gasteiger partial charge is 0.324 e. The van der Waals surface area contributed by atoms with Crippen LogP contribution < -0.4 is 10.9 Å². The molecule has 1 amide bonds. The molecular weight excluding hydrogens is 396 g/mol. The van der Waals surface area contributed by atoms with Gasteiger partial charge >= 0.3 is 0 Å². The van der Waals surface area contributed by atoms with Crippen LogP contribution in [0.25, 0.3) is 21.1 Å². The molecular formula is C20H17ClN4O2S. The van der Waals surface area contributed by atoms with Crippen molar-refractivity contribution >= 4 is 55.7 Å². The zero-order valence-corrected chi connectivity index (χ0v) is 16.9. The fourth-order valence-corrected chi connectivity index (χ4v) is 4.33. The number of fused-ring (bicyclic) bond motifs is 2.